The number of carbonyl (C=O) groups is 5. The molecule has 1 aromatic carbocycles. The molecule has 202 valence electrons. The van der Waals surface area contributed by atoms with E-state index in [9.17, 15) is 24.0 Å². The molecule has 4 atom stereocenters. The Morgan fingerprint density at radius 2 is 1.59 bits per heavy atom. The minimum atomic E-state index is -1.69. The molecule has 37 heavy (non-hydrogen) atoms. The number of nitrogens with one attached hydrogen (secondary N) is 4. The van der Waals surface area contributed by atoms with Gasteiger partial charge in [0, 0.05) is 17.1 Å². The summed E-state index contributed by atoms with van der Waals surface area (Å²) in [4.78, 5) is 63.7. The molecular weight excluding hydrogens is 506 g/mol. The van der Waals surface area contributed by atoms with Crippen molar-refractivity contribution in [3.05, 3.63) is 36.0 Å². The van der Waals surface area contributed by atoms with Gasteiger partial charge in [-0.25, -0.2) is 4.79 Å². The van der Waals surface area contributed by atoms with Gasteiger partial charge < -0.3 is 42.0 Å². The first-order valence-electron chi connectivity index (χ1n) is 11.3. The fourth-order valence-electron chi connectivity index (χ4n) is 3.53. The van der Waals surface area contributed by atoms with Crippen LogP contribution in [0.3, 0.4) is 0 Å². The summed E-state index contributed by atoms with van der Waals surface area (Å²) in [5.74, 6) is -5.07. The summed E-state index contributed by atoms with van der Waals surface area (Å²) >= 11 is 1.41. The summed E-state index contributed by atoms with van der Waals surface area (Å²) in [7, 11) is 0. The van der Waals surface area contributed by atoms with E-state index < -0.39 is 66.9 Å². The fraction of sp³-hybridized carbons (Fsp3) is 0.435. The molecule has 0 fully saturated rings. The number of amides is 3. The molecule has 0 aliphatic heterocycles. The number of aliphatic hydroxyl groups excluding tert-OH is 1. The van der Waals surface area contributed by atoms with Gasteiger partial charge in [-0.15, -0.1) is 0 Å². The summed E-state index contributed by atoms with van der Waals surface area (Å²) in [6, 6.07) is 2.04. The maximum absolute atomic E-state index is 13.0. The minimum Gasteiger partial charge on any atom is -0.481 e. The molecule has 3 amide bonds. The molecule has 0 saturated carbocycles. The highest BCUT2D eigenvalue weighted by Gasteiger charge is 2.31. The standard InChI is InChI=1S/C23H31N5O8S/c1-37-7-6-16(21(33)27-17(9-19(30)31)22(34)28-18(11-29)23(35)36)26-20(32)14(24)8-12-10-25-15-5-3-2-4-13(12)15/h2-5,10,14,16-18,25,29H,6-9,11,24H2,1H3,(H,26,32)(H,27,33)(H,28,34)(H,30,31)(H,35,36). The maximum atomic E-state index is 13.0. The molecule has 0 aliphatic carbocycles. The van der Waals surface area contributed by atoms with Crippen LogP contribution < -0.4 is 21.7 Å². The van der Waals surface area contributed by atoms with Crippen molar-refractivity contribution in [2.24, 2.45) is 5.73 Å². The number of aromatic nitrogens is 1. The average Bonchev–Trinajstić information content (AvgIpc) is 3.26. The summed E-state index contributed by atoms with van der Waals surface area (Å²) in [5, 5.41) is 35.0. The van der Waals surface area contributed by atoms with E-state index >= 15 is 0 Å². The Balaban J connectivity index is 2.11. The molecular formula is C23H31N5O8S. The van der Waals surface area contributed by atoms with Gasteiger partial charge in [0.05, 0.1) is 19.1 Å². The topological polar surface area (TPSA) is 224 Å². The van der Waals surface area contributed by atoms with E-state index in [1.807, 2.05) is 29.6 Å². The normalized spacial score (nSPS) is 14.2. The highest BCUT2D eigenvalue weighted by Crippen LogP contribution is 2.18. The van der Waals surface area contributed by atoms with Crippen molar-refractivity contribution in [1.29, 1.82) is 0 Å². The van der Waals surface area contributed by atoms with Crippen molar-refractivity contribution in [1.82, 2.24) is 20.9 Å². The lowest BCUT2D eigenvalue weighted by Crippen LogP contribution is -2.58. The number of aliphatic carboxylic acids is 2. The number of carboxylic acid groups (broad SMARTS) is 2. The molecule has 1 aromatic heterocycles. The van der Waals surface area contributed by atoms with E-state index in [-0.39, 0.29) is 12.8 Å². The van der Waals surface area contributed by atoms with Crippen molar-refractivity contribution in [3.8, 4) is 0 Å². The first-order valence-corrected chi connectivity index (χ1v) is 12.7. The van der Waals surface area contributed by atoms with Gasteiger partial charge in [0.2, 0.25) is 17.7 Å². The molecule has 1 heterocycles. The Labute approximate surface area is 216 Å². The van der Waals surface area contributed by atoms with E-state index in [0.29, 0.717) is 5.75 Å². The van der Waals surface area contributed by atoms with Crippen molar-refractivity contribution >= 4 is 52.3 Å². The van der Waals surface area contributed by atoms with Crippen molar-refractivity contribution in [3.63, 3.8) is 0 Å². The van der Waals surface area contributed by atoms with Gasteiger partial charge in [-0.1, -0.05) is 18.2 Å². The van der Waals surface area contributed by atoms with Crippen LogP contribution in [0.15, 0.2) is 30.5 Å². The number of nitrogens with two attached hydrogens (primary N) is 1. The second-order valence-corrected chi connectivity index (χ2v) is 9.24. The number of H-pyrrole nitrogens is 1. The zero-order valence-corrected chi connectivity index (χ0v) is 20.9. The number of aliphatic hydroxyl groups is 1. The second-order valence-electron chi connectivity index (χ2n) is 8.25. The van der Waals surface area contributed by atoms with Crippen LogP contribution in [0.1, 0.15) is 18.4 Å². The van der Waals surface area contributed by atoms with Gasteiger partial charge in [-0.2, -0.15) is 11.8 Å². The van der Waals surface area contributed by atoms with Crippen LogP contribution in [0.5, 0.6) is 0 Å². The molecule has 0 aliphatic rings. The third-order valence-corrected chi connectivity index (χ3v) is 6.15. The van der Waals surface area contributed by atoms with Crippen LogP contribution in [-0.2, 0) is 30.4 Å². The second kappa shape index (κ2) is 14.2. The lowest BCUT2D eigenvalue weighted by molar-refractivity contribution is -0.144. The van der Waals surface area contributed by atoms with Crippen LogP contribution in [0.4, 0.5) is 0 Å². The van der Waals surface area contributed by atoms with E-state index in [2.05, 4.69) is 15.6 Å². The summed E-state index contributed by atoms with van der Waals surface area (Å²) in [5.41, 5.74) is 7.81. The van der Waals surface area contributed by atoms with E-state index in [4.69, 9.17) is 21.1 Å². The first kappa shape index (κ1) is 29.6. The number of carbonyl (C=O) groups excluding carboxylic acids is 3. The minimum absolute atomic E-state index is 0.161. The van der Waals surface area contributed by atoms with Crippen LogP contribution in [0.25, 0.3) is 10.9 Å². The Bertz CT molecular complexity index is 1120. The van der Waals surface area contributed by atoms with Gasteiger partial charge in [-0.05, 0) is 36.5 Å². The first-order chi connectivity index (χ1) is 17.6. The third-order valence-electron chi connectivity index (χ3n) is 5.50. The predicted molar refractivity (Wildman–Crippen MR) is 136 cm³/mol. The van der Waals surface area contributed by atoms with E-state index in [1.165, 1.54) is 11.8 Å². The van der Waals surface area contributed by atoms with Gasteiger partial charge in [0.1, 0.15) is 18.1 Å². The monoisotopic (exact) mass is 537 g/mol. The molecule has 13 nitrogen and oxygen atoms in total. The number of benzene rings is 1. The Morgan fingerprint density at radius 3 is 2.22 bits per heavy atom. The molecule has 0 radical (unpaired) electrons. The van der Waals surface area contributed by atoms with Crippen molar-refractivity contribution < 1.29 is 39.3 Å². The lowest BCUT2D eigenvalue weighted by Gasteiger charge is -2.24. The zero-order chi connectivity index (χ0) is 27.5. The summed E-state index contributed by atoms with van der Waals surface area (Å²) in [6.07, 6.45) is 3.05. The number of carboxylic acids is 2. The van der Waals surface area contributed by atoms with Gasteiger partial charge in [0.15, 0.2) is 0 Å². The lowest BCUT2D eigenvalue weighted by atomic mass is 10.0. The number of para-hydroxylation sites is 1. The Morgan fingerprint density at radius 1 is 0.973 bits per heavy atom. The fourth-order valence-corrected chi connectivity index (χ4v) is 4.00. The zero-order valence-electron chi connectivity index (χ0n) is 20.1. The number of fused-ring (bicyclic) bond motifs is 1. The molecule has 0 saturated heterocycles. The Hall–Kier alpha value is -3.62. The Kier molecular flexibility index (Phi) is 11.4. The van der Waals surface area contributed by atoms with E-state index in [0.717, 1.165) is 16.5 Å². The maximum Gasteiger partial charge on any atom is 0.328 e. The molecule has 14 heteroatoms. The van der Waals surface area contributed by atoms with E-state index in [1.54, 1.807) is 12.5 Å². The number of hydrogen-bond donors (Lipinski definition) is 8. The van der Waals surface area contributed by atoms with Crippen LogP contribution in [0, 0.1) is 0 Å². The predicted octanol–water partition coefficient (Wildman–Crippen LogP) is -1.20. The highest BCUT2D eigenvalue weighted by molar-refractivity contribution is 7.98. The molecule has 4 unspecified atom stereocenters. The molecule has 2 aromatic rings. The molecule has 0 bridgehead atoms. The smallest absolute Gasteiger partial charge is 0.328 e. The number of thioether (sulfide) groups is 1. The number of aromatic amines is 1. The number of rotatable bonds is 15. The highest BCUT2D eigenvalue weighted by atomic mass is 32.2. The van der Waals surface area contributed by atoms with Crippen LogP contribution in [0.2, 0.25) is 0 Å². The SMILES string of the molecule is CSCCC(NC(=O)C(N)Cc1c[nH]c2ccccc12)C(=O)NC(CC(=O)O)C(=O)NC(CO)C(=O)O. The molecule has 0 spiro atoms. The average molecular weight is 538 g/mol. The third kappa shape index (κ3) is 8.77. The quantitative estimate of drug-likeness (QED) is 0.135. The van der Waals surface area contributed by atoms with Crippen LogP contribution >= 0.6 is 11.8 Å². The molecule has 9 N–H and O–H groups in total. The summed E-state index contributed by atoms with van der Waals surface area (Å²) in [6.45, 7) is -0.935. The summed E-state index contributed by atoms with van der Waals surface area (Å²) < 4.78 is 0. The van der Waals surface area contributed by atoms with Crippen molar-refractivity contribution in [2.45, 2.75) is 43.4 Å². The van der Waals surface area contributed by atoms with Gasteiger partial charge >= 0.3 is 11.9 Å². The van der Waals surface area contributed by atoms with Crippen LogP contribution in [-0.4, -0.2) is 92.7 Å². The van der Waals surface area contributed by atoms with Gasteiger partial charge in [0.25, 0.3) is 0 Å². The largest absolute Gasteiger partial charge is 0.481 e. The van der Waals surface area contributed by atoms with Crippen molar-refractivity contribution in [2.75, 3.05) is 18.6 Å². The molecule has 2 rings (SSSR count). The van der Waals surface area contributed by atoms with Gasteiger partial charge in [-0.3, -0.25) is 19.2 Å². The number of hydrogen-bond acceptors (Lipinski definition) is 8.